The van der Waals surface area contributed by atoms with Crippen LogP contribution in [-0.2, 0) is 11.2 Å². The van der Waals surface area contributed by atoms with Crippen LogP contribution < -0.4 is 5.32 Å². The van der Waals surface area contributed by atoms with Gasteiger partial charge >= 0.3 is 0 Å². The Morgan fingerprint density at radius 1 is 1.33 bits per heavy atom. The van der Waals surface area contributed by atoms with Crippen LogP contribution in [0.15, 0.2) is 22.7 Å². The first-order chi connectivity index (χ1) is 8.84. The van der Waals surface area contributed by atoms with Gasteiger partial charge in [-0.1, -0.05) is 28.1 Å². The summed E-state index contributed by atoms with van der Waals surface area (Å²) in [6, 6.07) is 7.12. The lowest BCUT2D eigenvalue weighted by Gasteiger charge is -2.15. The van der Waals surface area contributed by atoms with Crippen molar-refractivity contribution in [3.8, 4) is 0 Å². The van der Waals surface area contributed by atoms with E-state index in [1.807, 2.05) is 0 Å². The molecule has 3 rings (SSSR count). The maximum Gasteiger partial charge on any atom is 0.0495 e. The van der Waals surface area contributed by atoms with E-state index >= 15 is 0 Å². The van der Waals surface area contributed by atoms with E-state index in [4.69, 9.17) is 4.74 Å². The molecule has 2 unspecified atom stereocenters. The Bertz CT molecular complexity index is 415. The lowest BCUT2D eigenvalue weighted by Crippen LogP contribution is -2.22. The monoisotopic (exact) mass is 309 g/mol. The highest BCUT2D eigenvalue weighted by atomic mass is 79.9. The minimum Gasteiger partial charge on any atom is -0.381 e. The van der Waals surface area contributed by atoms with Crippen LogP contribution >= 0.6 is 15.9 Å². The molecule has 1 heterocycles. The van der Waals surface area contributed by atoms with E-state index in [9.17, 15) is 0 Å². The summed E-state index contributed by atoms with van der Waals surface area (Å²) in [5, 5.41) is 3.72. The molecule has 2 nitrogen and oxygen atoms in total. The zero-order chi connectivity index (χ0) is 12.4. The van der Waals surface area contributed by atoms with E-state index in [2.05, 4.69) is 39.4 Å². The average Bonchev–Trinajstić information content (AvgIpc) is 3.00. The summed E-state index contributed by atoms with van der Waals surface area (Å²) in [6.07, 6.45) is 4.92. The summed E-state index contributed by atoms with van der Waals surface area (Å²) in [4.78, 5) is 0. The molecule has 1 aliphatic carbocycles. The highest BCUT2D eigenvalue weighted by Gasteiger charge is 2.23. The fraction of sp³-hybridized carbons (Fsp3) is 0.600. The number of rotatable bonds is 4. The Hall–Kier alpha value is -0.380. The van der Waals surface area contributed by atoms with Crippen molar-refractivity contribution in [3.05, 3.63) is 33.8 Å². The summed E-state index contributed by atoms with van der Waals surface area (Å²) in [7, 11) is 0. The fourth-order valence-corrected chi connectivity index (χ4v) is 3.67. The van der Waals surface area contributed by atoms with Gasteiger partial charge in [0.2, 0.25) is 0 Å². The first-order valence-corrected chi connectivity index (χ1v) is 7.72. The Morgan fingerprint density at radius 2 is 2.28 bits per heavy atom. The summed E-state index contributed by atoms with van der Waals surface area (Å²) < 4.78 is 6.69. The third kappa shape index (κ3) is 2.63. The van der Waals surface area contributed by atoms with Crippen LogP contribution in [0, 0.1) is 5.92 Å². The smallest absolute Gasteiger partial charge is 0.0495 e. The predicted molar refractivity (Wildman–Crippen MR) is 76.7 cm³/mol. The standard InChI is InChI=1S/C15H20BrNO/c16-14-3-1-2-13-12(14)4-5-15(13)17-8-6-11-7-9-18-10-11/h1-3,11,15,17H,4-10H2. The normalized spacial score (nSPS) is 26.5. The molecule has 0 saturated carbocycles. The maximum absolute atomic E-state index is 5.42. The van der Waals surface area contributed by atoms with Gasteiger partial charge in [-0.05, 0) is 55.3 Å². The molecule has 0 bridgehead atoms. The lowest BCUT2D eigenvalue weighted by molar-refractivity contribution is 0.184. The number of hydrogen-bond acceptors (Lipinski definition) is 2. The molecule has 0 aromatic heterocycles. The first-order valence-electron chi connectivity index (χ1n) is 6.93. The van der Waals surface area contributed by atoms with Gasteiger partial charge in [0.25, 0.3) is 0 Å². The molecule has 98 valence electrons. The van der Waals surface area contributed by atoms with Crippen molar-refractivity contribution in [1.29, 1.82) is 0 Å². The van der Waals surface area contributed by atoms with Crippen molar-refractivity contribution in [3.63, 3.8) is 0 Å². The minimum atomic E-state index is 0.555. The molecule has 2 atom stereocenters. The molecule has 1 N–H and O–H groups in total. The third-order valence-corrected chi connectivity index (χ3v) is 4.92. The molecule has 0 amide bonds. The van der Waals surface area contributed by atoms with Crippen LogP contribution in [0.1, 0.15) is 36.4 Å². The largest absolute Gasteiger partial charge is 0.381 e. The fourth-order valence-electron chi connectivity index (χ4n) is 3.09. The highest BCUT2D eigenvalue weighted by molar-refractivity contribution is 9.10. The van der Waals surface area contributed by atoms with Gasteiger partial charge in [-0.2, -0.15) is 0 Å². The molecule has 1 aliphatic heterocycles. The second-order valence-corrected chi connectivity index (χ2v) is 6.23. The van der Waals surface area contributed by atoms with Gasteiger partial charge in [0.1, 0.15) is 0 Å². The molecule has 0 radical (unpaired) electrons. The van der Waals surface area contributed by atoms with Crippen LogP contribution in [0.25, 0.3) is 0 Å². The quantitative estimate of drug-likeness (QED) is 0.920. The van der Waals surface area contributed by atoms with Gasteiger partial charge in [0, 0.05) is 23.7 Å². The zero-order valence-corrected chi connectivity index (χ0v) is 12.2. The van der Waals surface area contributed by atoms with Crippen molar-refractivity contribution in [2.45, 2.75) is 31.7 Å². The summed E-state index contributed by atoms with van der Waals surface area (Å²) in [5.41, 5.74) is 2.99. The SMILES string of the molecule is Brc1cccc2c1CCC2NCCC1CCOC1. The number of benzene rings is 1. The van der Waals surface area contributed by atoms with Crippen molar-refractivity contribution in [2.24, 2.45) is 5.92 Å². The van der Waals surface area contributed by atoms with Crippen molar-refractivity contribution in [1.82, 2.24) is 5.32 Å². The van der Waals surface area contributed by atoms with Crippen LogP contribution in [0.5, 0.6) is 0 Å². The lowest BCUT2D eigenvalue weighted by atomic mass is 10.0. The Balaban J connectivity index is 1.54. The van der Waals surface area contributed by atoms with Crippen LogP contribution in [0.2, 0.25) is 0 Å². The van der Waals surface area contributed by atoms with Crippen LogP contribution in [-0.4, -0.2) is 19.8 Å². The molecule has 1 aromatic carbocycles. The topological polar surface area (TPSA) is 21.3 Å². The minimum absolute atomic E-state index is 0.555. The molecule has 1 saturated heterocycles. The molecular formula is C15H20BrNO. The number of halogens is 1. The number of ether oxygens (including phenoxy) is 1. The zero-order valence-electron chi connectivity index (χ0n) is 10.6. The molecule has 0 spiro atoms. The third-order valence-electron chi connectivity index (χ3n) is 4.18. The molecule has 1 aromatic rings. The second kappa shape index (κ2) is 5.72. The van der Waals surface area contributed by atoms with Gasteiger partial charge in [0.15, 0.2) is 0 Å². The van der Waals surface area contributed by atoms with E-state index in [0.717, 1.165) is 25.7 Å². The molecule has 3 heteroatoms. The molecule has 2 aliphatic rings. The van der Waals surface area contributed by atoms with E-state index in [1.165, 1.54) is 41.3 Å². The summed E-state index contributed by atoms with van der Waals surface area (Å²) >= 11 is 3.65. The van der Waals surface area contributed by atoms with Gasteiger partial charge in [-0.15, -0.1) is 0 Å². The molecule has 18 heavy (non-hydrogen) atoms. The van der Waals surface area contributed by atoms with E-state index in [0.29, 0.717) is 6.04 Å². The number of fused-ring (bicyclic) bond motifs is 1. The van der Waals surface area contributed by atoms with Crippen molar-refractivity contribution < 1.29 is 4.74 Å². The molecular weight excluding hydrogens is 290 g/mol. The van der Waals surface area contributed by atoms with E-state index in [1.54, 1.807) is 0 Å². The van der Waals surface area contributed by atoms with Crippen LogP contribution in [0.3, 0.4) is 0 Å². The Morgan fingerprint density at radius 3 is 3.11 bits per heavy atom. The van der Waals surface area contributed by atoms with Crippen molar-refractivity contribution in [2.75, 3.05) is 19.8 Å². The maximum atomic E-state index is 5.42. The Kier molecular flexibility index (Phi) is 4.02. The predicted octanol–water partition coefficient (Wildman–Crippen LogP) is 3.45. The van der Waals surface area contributed by atoms with Gasteiger partial charge in [0.05, 0.1) is 0 Å². The van der Waals surface area contributed by atoms with E-state index in [-0.39, 0.29) is 0 Å². The van der Waals surface area contributed by atoms with Crippen molar-refractivity contribution >= 4 is 15.9 Å². The Labute approximate surface area is 117 Å². The number of nitrogens with one attached hydrogen (secondary N) is 1. The first kappa shape index (κ1) is 12.6. The van der Waals surface area contributed by atoms with E-state index < -0.39 is 0 Å². The number of hydrogen-bond donors (Lipinski definition) is 1. The van der Waals surface area contributed by atoms with Gasteiger partial charge < -0.3 is 10.1 Å². The summed E-state index contributed by atoms with van der Waals surface area (Å²) in [6.45, 7) is 3.04. The van der Waals surface area contributed by atoms with Gasteiger partial charge in [-0.25, -0.2) is 0 Å². The molecule has 1 fully saturated rings. The van der Waals surface area contributed by atoms with Gasteiger partial charge in [-0.3, -0.25) is 0 Å². The summed E-state index contributed by atoms with van der Waals surface area (Å²) in [5.74, 6) is 0.779. The second-order valence-electron chi connectivity index (χ2n) is 5.37. The highest BCUT2D eigenvalue weighted by Crippen LogP contribution is 2.35. The van der Waals surface area contributed by atoms with Crippen LogP contribution in [0.4, 0.5) is 0 Å². The average molecular weight is 310 g/mol.